The summed E-state index contributed by atoms with van der Waals surface area (Å²) in [5.41, 5.74) is 19.1. The minimum atomic E-state index is -1.05. The van der Waals surface area contributed by atoms with E-state index in [4.69, 9.17) is 17.2 Å². The molecule has 2 rings (SSSR count). The largest absolute Gasteiger partial charge is 0.478 e. The molecule has 0 saturated carbocycles. The molecule has 2 aromatic rings. The lowest BCUT2D eigenvalue weighted by Gasteiger charge is -2.24. The van der Waals surface area contributed by atoms with Gasteiger partial charge in [-0.3, -0.25) is 0 Å². The second kappa shape index (κ2) is 17.6. The molecule has 39 heavy (non-hydrogen) atoms. The van der Waals surface area contributed by atoms with Gasteiger partial charge in [0, 0.05) is 24.2 Å². The molecule has 0 amide bonds. The van der Waals surface area contributed by atoms with Gasteiger partial charge >= 0.3 is 5.97 Å². The first-order valence-electron chi connectivity index (χ1n) is 13.6. The molecule has 1 aromatic carbocycles. The number of aromatic nitrogens is 1. The number of hydrogen-bond acceptors (Lipinski definition) is 5. The summed E-state index contributed by atoms with van der Waals surface area (Å²) >= 11 is 0. The van der Waals surface area contributed by atoms with Crippen molar-refractivity contribution >= 4 is 30.1 Å². The quantitative estimate of drug-likeness (QED) is 0.0672. The molecule has 0 saturated heterocycles. The van der Waals surface area contributed by atoms with Crippen molar-refractivity contribution in [3.8, 4) is 0 Å². The number of aromatic amines is 1. The third-order valence-corrected chi connectivity index (χ3v) is 6.69. The number of nitrogens with one attached hydrogen (secondary N) is 2. The number of carboxylic acid groups (broad SMARTS) is 1. The third-order valence-electron chi connectivity index (χ3n) is 6.69. The van der Waals surface area contributed by atoms with E-state index in [1.165, 1.54) is 6.08 Å². The molecule has 9 N–H and O–H groups in total. The maximum atomic E-state index is 11.6. The summed E-state index contributed by atoms with van der Waals surface area (Å²) in [6.07, 6.45) is 14.3. The van der Waals surface area contributed by atoms with Crippen LogP contribution in [0.1, 0.15) is 57.4 Å². The number of H-pyrrole nitrogens is 1. The second-order valence-corrected chi connectivity index (χ2v) is 10.1. The number of allylic oxidation sites excluding steroid dienone is 1. The van der Waals surface area contributed by atoms with Crippen LogP contribution < -0.4 is 22.5 Å². The fraction of sp³-hybridized carbons (Fsp3) is 0.433. The van der Waals surface area contributed by atoms with Crippen LogP contribution in [-0.4, -0.2) is 46.9 Å². The summed E-state index contributed by atoms with van der Waals surface area (Å²) in [5.74, 6) is -0.0602. The van der Waals surface area contributed by atoms with Gasteiger partial charge in [-0.2, -0.15) is 0 Å². The zero-order chi connectivity index (χ0) is 28.5. The first-order chi connectivity index (χ1) is 18.8. The molecule has 0 radical (unpaired) electrons. The number of nitrogens with zero attached hydrogens (tertiary/aromatic N) is 1. The molecule has 9 nitrogen and oxygen atoms in total. The van der Waals surface area contributed by atoms with Crippen molar-refractivity contribution in [3.63, 3.8) is 0 Å². The summed E-state index contributed by atoms with van der Waals surface area (Å²) in [4.78, 5) is 29.7. The Kier molecular flexibility index (Phi) is 14.2. The van der Waals surface area contributed by atoms with Crippen LogP contribution in [0.4, 0.5) is 5.82 Å². The Hall–Kier alpha value is -3.85. The molecule has 0 spiro atoms. The van der Waals surface area contributed by atoms with Crippen LogP contribution in [0.25, 0.3) is 6.08 Å². The van der Waals surface area contributed by atoms with Crippen LogP contribution in [0.2, 0.25) is 0 Å². The van der Waals surface area contributed by atoms with Crippen LogP contribution >= 0.6 is 0 Å². The molecule has 212 valence electrons. The van der Waals surface area contributed by atoms with Gasteiger partial charge in [-0.05, 0) is 67.7 Å². The van der Waals surface area contributed by atoms with Crippen LogP contribution in [0.5, 0.6) is 0 Å². The number of guanidine groups is 1. The summed E-state index contributed by atoms with van der Waals surface area (Å²) in [6, 6.07) is 13.7. The molecule has 0 bridgehead atoms. The van der Waals surface area contributed by atoms with Crippen LogP contribution in [0.15, 0.2) is 71.4 Å². The fourth-order valence-corrected chi connectivity index (χ4v) is 4.42. The highest BCUT2D eigenvalue weighted by molar-refractivity contribution is 5.81. The average molecular weight is 537 g/mol. The topological polar surface area (TPSA) is 173 Å². The van der Waals surface area contributed by atoms with Crippen molar-refractivity contribution in [2.24, 2.45) is 34.0 Å². The van der Waals surface area contributed by atoms with Crippen molar-refractivity contribution in [2.45, 2.75) is 64.0 Å². The van der Waals surface area contributed by atoms with Crippen molar-refractivity contribution in [1.82, 2.24) is 4.98 Å². The van der Waals surface area contributed by atoms with Gasteiger partial charge in [-0.25, -0.2) is 9.79 Å². The number of carbonyl (C=O) groups excluding carboxylic acids is 1. The minimum Gasteiger partial charge on any atom is -0.478 e. The van der Waals surface area contributed by atoms with Gasteiger partial charge in [0.2, 0.25) is 0 Å². The number of aliphatic carboxylic acids is 1. The average Bonchev–Trinajstić information content (AvgIpc) is 3.43. The van der Waals surface area contributed by atoms with E-state index in [2.05, 4.69) is 39.6 Å². The van der Waals surface area contributed by atoms with Crippen molar-refractivity contribution < 1.29 is 14.7 Å². The lowest BCUT2D eigenvalue weighted by atomic mass is 9.90. The van der Waals surface area contributed by atoms with Gasteiger partial charge in [0.15, 0.2) is 5.96 Å². The zero-order valence-electron chi connectivity index (χ0n) is 22.8. The van der Waals surface area contributed by atoms with Gasteiger partial charge in [0.1, 0.15) is 12.1 Å². The monoisotopic (exact) mass is 536 g/mol. The molecular formula is C30H44N6O3. The lowest BCUT2D eigenvalue weighted by molar-refractivity contribution is -0.131. The predicted molar refractivity (Wildman–Crippen MR) is 159 cm³/mol. The molecular weight excluding hydrogens is 492 g/mol. The van der Waals surface area contributed by atoms with Crippen molar-refractivity contribution in [1.29, 1.82) is 0 Å². The van der Waals surface area contributed by atoms with E-state index in [-0.39, 0.29) is 36.4 Å². The van der Waals surface area contributed by atoms with Crippen LogP contribution in [0, 0.1) is 11.8 Å². The Balaban J connectivity index is 2.15. The Morgan fingerprint density at radius 2 is 1.82 bits per heavy atom. The van der Waals surface area contributed by atoms with E-state index in [1.54, 1.807) is 6.20 Å². The maximum Gasteiger partial charge on any atom is 0.328 e. The van der Waals surface area contributed by atoms with E-state index < -0.39 is 5.97 Å². The normalized spacial score (nSPS) is 14.9. The Morgan fingerprint density at radius 3 is 2.46 bits per heavy atom. The third kappa shape index (κ3) is 13.5. The van der Waals surface area contributed by atoms with E-state index in [0.717, 1.165) is 56.2 Å². The molecule has 0 aliphatic carbocycles. The molecule has 0 unspecified atom stereocenters. The number of nitrogens with two attached hydrogens (primary N) is 3. The Bertz CT molecular complexity index is 1060. The van der Waals surface area contributed by atoms with Gasteiger partial charge in [-0.1, -0.05) is 55.8 Å². The van der Waals surface area contributed by atoms with Gasteiger partial charge in [0.25, 0.3) is 0 Å². The summed E-state index contributed by atoms with van der Waals surface area (Å²) < 4.78 is 0. The number of carbonyl (C=O) groups is 2. The van der Waals surface area contributed by atoms with E-state index >= 15 is 0 Å². The van der Waals surface area contributed by atoms with Gasteiger partial charge < -0.3 is 37.4 Å². The molecule has 0 aliphatic heterocycles. The molecule has 0 aliphatic rings. The van der Waals surface area contributed by atoms with Crippen LogP contribution in [0.3, 0.4) is 0 Å². The number of carboxylic acids is 1. The molecule has 1 heterocycles. The van der Waals surface area contributed by atoms with E-state index in [0.29, 0.717) is 12.0 Å². The van der Waals surface area contributed by atoms with Crippen molar-refractivity contribution in [2.75, 3.05) is 11.9 Å². The Morgan fingerprint density at radius 1 is 1.05 bits per heavy atom. The molecule has 9 heteroatoms. The Labute approximate surface area is 231 Å². The smallest absolute Gasteiger partial charge is 0.328 e. The van der Waals surface area contributed by atoms with Crippen LogP contribution in [-0.2, 0) is 9.59 Å². The highest BCUT2D eigenvalue weighted by Gasteiger charge is 2.19. The van der Waals surface area contributed by atoms with E-state index in [1.807, 2.05) is 37.3 Å². The number of anilines is 1. The number of benzene rings is 1. The standard InChI is InChI=1S/C30H44N6O3/c1-22(21-37)12-16-26(31)10-5-9-24(14-13-23-7-3-2-4-8-23)15-17-27(36-28-11-6-18-34-28)25(19-29(38)39)20-35-30(32)33/h2-4,6-8,11,13-14,18-19,21-22,24,26-27,34,36H,5,9-10,12,15-17,20,31H2,1H3,(H,38,39)(H4,32,33,35)/b14-13+,25-19+/t22-,24+,26+,27+/m0/s1. The maximum absolute atomic E-state index is 11.6. The second-order valence-electron chi connectivity index (χ2n) is 10.1. The molecule has 0 fully saturated rings. The van der Waals surface area contributed by atoms with Gasteiger partial charge in [-0.15, -0.1) is 0 Å². The molecule has 4 atom stereocenters. The lowest BCUT2D eigenvalue weighted by Crippen LogP contribution is -2.28. The highest BCUT2D eigenvalue weighted by Crippen LogP contribution is 2.24. The highest BCUT2D eigenvalue weighted by atomic mass is 16.4. The van der Waals surface area contributed by atoms with E-state index in [9.17, 15) is 14.7 Å². The summed E-state index contributed by atoms with van der Waals surface area (Å²) in [5, 5.41) is 12.9. The molecule has 1 aromatic heterocycles. The number of rotatable bonds is 19. The summed E-state index contributed by atoms with van der Waals surface area (Å²) in [7, 11) is 0. The van der Waals surface area contributed by atoms with Gasteiger partial charge in [0.05, 0.1) is 12.6 Å². The first-order valence-corrected chi connectivity index (χ1v) is 13.6. The zero-order valence-corrected chi connectivity index (χ0v) is 22.8. The first kappa shape index (κ1) is 31.4. The predicted octanol–water partition coefficient (Wildman–Crippen LogP) is 4.30. The fourth-order valence-electron chi connectivity index (χ4n) is 4.42. The van der Waals surface area contributed by atoms with Crippen molar-refractivity contribution in [3.05, 3.63) is 72.0 Å². The summed E-state index contributed by atoms with van der Waals surface area (Å²) in [6.45, 7) is 2.01. The SMILES string of the molecule is C[C@H](C=O)CC[C@H](N)CCC[C@H](/C=C/c1ccccc1)CC[C@@H](Nc1ccc[nH]1)/C(=C/C(=O)O)CN=C(N)N. The number of hydrogen-bond donors (Lipinski definition) is 6. The number of aldehydes is 1. The number of aliphatic imine (C=N–C) groups is 1. The minimum absolute atomic E-state index is 0.0358.